The van der Waals surface area contributed by atoms with E-state index in [1.807, 2.05) is 0 Å². The highest BCUT2D eigenvalue weighted by atomic mass is 19.1. The first kappa shape index (κ1) is 11.5. The van der Waals surface area contributed by atoms with Crippen LogP contribution in [0.2, 0.25) is 0 Å². The molecule has 19 heavy (non-hydrogen) atoms. The average Bonchev–Trinajstić information content (AvgIpc) is 2.86. The molecule has 2 N–H and O–H groups in total. The third-order valence-electron chi connectivity index (χ3n) is 2.81. The van der Waals surface area contributed by atoms with Gasteiger partial charge in [-0.25, -0.2) is 18.7 Å². The molecule has 0 aliphatic carbocycles. The first-order chi connectivity index (χ1) is 9.15. The maximum Gasteiger partial charge on any atom is 0.173 e. The van der Waals surface area contributed by atoms with Crippen LogP contribution in [-0.2, 0) is 6.54 Å². The Bertz CT molecular complexity index is 805. The lowest BCUT2D eigenvalue weighted by molar-refractivity contribution is 0.566. The van der Waals surface area contributed by atoms with Crippen molar-refractivity contribution in [1.82, 2.24) is 19.5 Å². The van der Waals surface area contributed by atoms with Crippen molar-refractivity contribution in [3.05, 3.63) is 53.5 Å². The van der Waals surface area contributed by atoms with Gasteiger partial charge in [-0.05, 0) is 6.07 Å². The summed E-state index contributed by atoms with van der Waals surface area (Å²) in [5, 5.41) is 7.61. The topological polar surface area (TPSA) is 70.3 Å². The highest BCUT2D eigenvalue weighted by Crippen LogP contribution is 2.13. The zero-order valence-corrected chi connectivity index (χ0v) is 9.69. The molecule has 96 valence electrons. The number of fused-ring (bicyclic) bond motifs is 1. The second-order valence-corrected chi connectivity index (χ2v) is 4.06. The standard InChI is InChI=1S/C12H9F2N5/c13-8-2-1-7(9(14)3-8)4-19-6-18-11(15)10-12(19)17-5-16-10/h1-3,5-6,15H,4H2,(H,16,17). The largest absolute Gasteiger partial charge is 0.340 e. The summed E-state index contributed by atoms with van der Waals surface area (Å²) in [5.41, 5.74) is 1.38. The SMILES string of the molecule is N=c1ncn(Cc2ccc(F)cc2F)c2nc[nH]c12. The van der Waals surface area contributed by atoms with Gasteiger partial charge in [-0.3, -0.25) is 5.41 Å². The van der Waals surface area contributed by atoms with Gasteiger partial charge in [0, 0.05) is 11.6 Å². The van der Waals surface area contributed by atoms with Gasteiger partial charge >= 0.3 is 0 Å². The molecule has 3 aromatic rings. The number of imidazole rings is 1. The predicted molar refractivity (Wildman–Crippen MR) is 63.2 cm³/mol. The van der Waals surface area contributed by atoms with Gasteiger partial charge in [-0.1, -0.05) is 6.07 Å². The lowest BCUT2D eigenvalue weighted by atomic mass is 10.2. The van der Waals surface area contributed by atoms with E-state index in [0.717, 1.165) is 6.07 Å². The summed E-state index contributed by atoms with van der Waals surface area (Å²) in [7, 11) is 0. The zero-order valence-electron chi connectivity index (χ0n) is 9.69. The molecule has 7 heteroatoms. The molecule has 0 fully saturated rings. The van der Waals surface area contributed by atoms with E-state index in [9.17, 15) is 8.78 Å². The van der Waals surface area contributed by atoms with Crippen LogP contribution in [0.5, 0.6) is 0 Å². The van der Waals surface area contributed by atoms with E-state index >= 15 is 0 Å². The van der Waals surface area contributed by atoms with Crippen molar-refractivity contribution in [3.63, 3.8) is 0 Å². The van der Waals surface area contributed by atoms with Crippen molar-refractivity contribution in [2.45, 2.75) is 6.54 Å². The minimum Gasteiger partial charge on any atom is -0.340 e. The minimum atomic E-state index is -0.619. The van der Waals surface area contributed by atoms with E-state index in [4.69, 9.17) is 5.41 Å². The summed E-state index contributed by atoms with van der Waals surface area (Å²) in [6.45, 7) is 0.167. The van der Waals surface area contributed by atoms with Crippen LogP contribution in [-0.4, -0.2) is 19.5 Å². The number of halogens is 2. The molecule has 0 aliphatic rings. The van der Waals surface area contributed by atoms with Crippen LogP contribution in [0.15, 0.2) is 30.9 Å². The Kier molecular flexibility index (Phi) is 2.59. The number of rotatable bonds is 2. The third-order valence-corrected chi connectivity index (χ3v) is 2.81. The van der Waals surface area contributed by atoms with Crippen LogP contribution in [0.3, 0.4) is 0 Å². The number of aromatic amines is 1. The molecular weight excluding hydrogens is 252 g/mol. The highest BCUT2D eigenvalue weighted by molar-refractivity contribution is 5.68. The van der Waals surface area contributed by atoms with Crippen LogP contribution in [0.1, 0.15) is 5.56 Å². The normalized spacial score (nSPS) is 11.1. The van der Waals surface area contributed by atoms with Crippen molar-refractivity contribution >= 4 is 11.2 Å². The fourth-order valence-corrected chi connectivity index (χ4v) is 1.87. The van der Waals surface area contributed by atoms with E-state index in [2.05, 4.69) is 15.0 Å². The first-order valence-electron chi connectivity index (χ1n) is 5.52. The second kappa shape index (κ2) is 4.27. The molecule has 5 nitrogen and oxygen atoms in total. The molecule has 0 unspecified atom stereocenters. The summed E-state index contributed by atoms with van der Waals surface area (Å²) >= 11 is 0. The molecule has 0 aliphatic heterocycles. The quantitative estimate of drug-likeness (QED) is 0.735. The van der Waals surface area contributed by atoms with Gasteiger partial charge < -0.3 is 9.55 Å². The van der Waals surface area contributed by atoms with Crippen LogP contribution < -0.4 is 5.49 Å². The number of nitrogens with zero attached hydrogens (tertiary/aromatic N) is 3. The molecule has 2 aromatic heterocycles. The molecule has 1 aromatic carbocycles. The lowest BCUT2D eigenvalue weighted by Gasteiger charge is -2.08. The molecule has 0 spiro atoms. The van der Waals surface area contributed by atoms with Crippen molar-refractivity contribution in [1.29, 1.82) is 5.41 Å². The number of aromatic nitrogens is 4. The number of benzene rings is 1. The van der Waals surface area contributed by atoms with Gasteiger partial charge in [0.1, 0.15) is 17.2 Å². The van der Waals surface area contributed by atoms with Gasteiger partial charge in [0.25, 0.3) is 0 Å². The molecule has 0 amide bonds. The number of hydrogen-bond donors (Lipinski definition) is 2. The van der Waals surface area contributed by atoms with Crippen molar-refractivity contribution < 1.29 is 8.78 Å². The van der Waals surface area contributed by atoms with E-state index in [1.54, 1.807) is 4.57 Å². The summed E-state index contributed by atoms with van der Waals surface area (Å²) in [5.74, 6) is -1.23. The minimum absolute atomic E-state index is 0.0725. The molecule has 3 rings (SSSR count). The monoisotopic (exact) mass is 261 g/mol. The Morgan fingerprint density at radius 3 is 2.89 bits per heavy atom. The van der Waals surface area contributed by atoms with Gasteiger partial charge in [0.15, 0.2) is 11.1 Å². The Morgan fingerprint density at radius 1 is 1.26 bits per heavy atom. The smallest absolute Gasteiger partial charge is 0.173 e. The zero-order chi connectivity index (χ0) is 13.4. The van der Waals surface area contributed by atoms with E-state index in [0.29, 0.717) is 16.7 Å². The van der Waals surface area contributed by atoms with E-state index in [-0.39, 0.29) is 12.0 Å². The summed E-state index contributed by atoms with van der Waals surface area (Å²) in [4.78, 5) is 10.8. The molecular formula is C12H9F2N5. The summed E-state index contributed by atoms with van der Waals surface area (Å²) in [6.07, 6.45) is 2.86. The van der Waals surface area contributed by atoms with Gasteiger partial charge in [0.05, 0.1) is 19.2 Å². The van der Waals surface area contributed by atoms with Crippen LogP contribution in [0.25, 0.3) is 11.2 Å². The van der Waals surface area contributed by atoms with Crippen LogP contribution in [0, 0.1) is 17.0 Å². The van der Waals surface area contributed by atoms with Crippen molar-refractivity contribution in [2.75, 3.05) is 0 Å². The molecule has 0 bridgehead atoms. The fraction of sp³-hybridized carbons (Fsp3) is 0.0833. The second-order valence-electron chi connectivity index (χ2n) is 4.06. The van der Waals surface area contributed by atoms with Gasteiger partial charge in [-0.15, -0.1) is 0 Å². The lowest BCUT2D eigenvalue weighted by Crippen LogP contribution is -2.13. The Balaban J connectivity index is 2.08. The predicted octanol–water partition coefficient (Wildman–Crippen LogP) is 1.57. The maximum atomic E-state index is 13.6. The number of nitrogens with one attached hydrogen (secondary N) is 2. The van der Waals surface area contributed by atoms with Crippen LogP contribution in [0.4, 0.5) is 8.78 Å². The Labute approximate surface area is 106 Å². The van der Waals surface area contributed by atoms with E-state index in [1.165, 1.54) is 24.8 Å². The van der Waals surface area contributed by atoms with Crippen LogP contribution >= 0.6 is 0 Å². The molecule has 0 radical (unpaired) electrons. The van der Waals surface area contributed by atoms with Gasteiger partial charge in [0.2, 0.25) is 0 Å². The third kappa shape index (κ3) is 1.99. The molecule has 0 saturated carbocycles. The fourth-order valence-electron chi connectivity index (χ4n) is 1.87. The average molecular weight is 261 g/mol. The van der Waals surface area contributed by atoms with Gasteiger partial charge in [-0.2, -0.15) is 0 Å². The van der Waals surface area contributed by atoms with Crippen molar-refractivity contribution in [2.24, 2.45) is 0 Å². The highest BCUT2D eigenvalue weighted by Gasteiger charge is 2.08. The summed E-state index contributed by atoms with van der Waals surface area (Å²) < 4.78 is 28.0. The van der Waals surface area contributed by atoms with E-state index < -0.39 is 11.6 Å². The first-order valence-corrected chi connectivity index (χ1v) is 5.52. The number of H-pyrrole nitrogens is 1. The number of hydrogen-bond acceptors (Lipinski definition) is 3. The molecule has 2 heterocycles. The molecule has 0 saturated heterocycles. The molecule has 0 atom stereocenters. The maximum absolute atomic E-state index is 13.6. The Morgan fingerprint density at radius 2 is 2.11 bits per heavy atom. The summed E-state index contributed by atoms with van der Waals surface area (Å²) in [6, 6.07) is 3.42. The Hall–Kier alpha value is -2.57. The van der Waals surface area contributed by atoms with Crippen molar-refractivity contribution in [3.8, 4) is 0 Å².